The average Bonchev–Trinajstić information content (AvgIpc) is 3.07. The van der Waals surface area contributed by atoms with Gasteiger partial charge in [0, 0.05) is 25.7 Å². The van der Waals surface area contributed by atoms with Gasteiger partial charge in [-0.1, -0.05) is 37.6 Å². The van der Waals surface area contributed by atoms with Crippen LogP contribution in [-0.4, -0.2) is 82.3 Å². The number of rotatable bonds is 7. The van der Waals surface area contributed by atoms with Crippen LogP contribution in [-0.2, 0) is 23.9 Å². The Hall–Kier alpha value is -2.19. The number of unbranched alkanes of at least 4 members (excludes halogenated alkanes) is 1. The van der Waals surface area contributed by atoms with Crippen LogP contribution in [0.3, 0.4) is 0 Å². The van der Waals surface area contributed by atoms with Crippen LogP contribution in [0.2, 0.25) is 0 Å². The lowest BCUT2D eigenvalue weighted by Crippen LogP contribution is -2.57. The molecule has 2 amide bonds. The van der Waals surface area contributed by atoms with Crippen LogP contribution in [0.5, 0.6) is 0 Å². The van der Waals surface area contributed by atoms with E-state index in [1.54, 1.807) is 4.90 Å². The number of likely N-dealkylation sites (tertiary alicyclic amines) is 1. The molecule has 8 heteroatoms. The SMILES string of the molecule is CCCC(C)N1CC=C[C@]23O[C@]4(C)C=CCCOC(=O)[C@@H]4[C@H]2C(=O)N(CCCCO)C3C1=O. The number of carbonyl (C=O) groups excluding carboxylic acids is 3. The van der Waals surface area contributed by atoms with E-state index in [-0.39, 0.29) is 31.1 Å². The molecule has 4 heterocycles. The second-order valence-electron chi connectivity index (χ2n) is 9.85. The van der Waals surface area contributed by atoms with Crippen LogP contribution < -0.4 is 0 Å². The monoisotopic (exact) mass is 460 g/mol. The Morgan fingerprint density at radius 1 is 1.15 bits per heavy atom. The lowest BCUT2D eigenvalue weighted by Gasteiger charge is -2.39. The highest BCUT2D eigenvalue weighted by atomic mass is 16.6. The largest absolute Gasteiger partial charge is 0.465 e. The molecule has 0 aliphatic carbocycles. The zero-order valence-electron chi connectivity index (χ0n) is 19.9. The molecular formula is C25H36N2O6. The Balaban J connectivity index is 1.81. The van der Waals surface area contributed by atoms with Crippen molar-refractivity contribution < 1.29 is 29.0 Å². The Morgan fingerprint density at radius 2 is 1.94 bits per heavy atom. The minimum absolute atomic E-state index is 0.0170. The normalized spacial score (nSPS) is 36.6. The molecule has 0 aromatic carbocycles. The number of ether oxygens (including phenoxy) is 2. The molecule has 182 valence electrons. The fourth-order valence-corrected chi connectivity index (χ4v) is 6.11. The van der Waals surface area contributed by atoms with E-state index < -0.39 is 35.0 Å². The summed E-state index contributed by atoms with van der Waals surface area (Å²) in [6.45, 7) is 6.98. The van der Waals surface area contributed by atoms with Gasteiger partial charge in [0.2, 0.25) is 11.8 Å². The number of esters is 1. The lowest BCUT2D eigenvalue weighted by molar-refractivity contribution is -0.160. The maximum absolute atomic E-state index is 14.0. The molecule has 0 bridgehead atoms. The van der Waals surface area contributed by atoms with E-state index in [9.17, 15) is 19.5 Å². The number of amides is 2. The minimum Gasteiger partial charge on any atom is -0.465 e. The second-order valence-corrected chi connectivity index (χ2v) is 9.85. The molecule has 4 aliphatic rings. The zero-order valence-corrected chi connectivity index (χ0v) is 19.9. The quantitative estimate of drug-likeness (QED) is 0.354. The van der Waals surface area contributed by atoms with Crippen molar-refractivity contribution in [1.82, 2.24) is 9.80 Å². The molecule has 1 spiro atoms. The average molecular weight is 461 g/mol. The number of aliphatic hydroxyl groups is 1. The van der Waals surface area contributed by atoms with Crippen molar-refractivity contribution in [2.75, 3.05) is 26.3 Å². The van der Waals surface area contributed by atoms with Crippen molar-refractivity contribution in [3.05, 3.63) is 24.3 Å². The molecule has 2 unspecified atom stereocenters. The molecule has 0 radical (unpaired) electrons. The molecule has 0 aromatic heterocycles. The minimum atomic E-state index is -1.23. The van der Waals surface area contributed by atoms with Crippen molar-refractivity contribution in [3.63, 3.8) is 0 Å². The van der Waals surface area contributed by atoms with E-state index in [1.165, 1.54) is 0 Å². The number of carbonyl (C=O) groups is 3. The molecule has 4 aliphatic heterocycles. The van der Waals surface area contributed by atoms with Crippen LogP contribution in [0.4, 0.5) is 0 Å². The topological polar surface area (TPSA) is 96.4 Å². The summed E-state index contributed by atoms with van der Waals surface area (Å²) in [5.41, 5.74) is -2.27. The molecule has 8 nitrogen and oxygen atoms in total. The van der Waals surface area contributed by atoms with E-state index in [4.69, 9.17) is 9.47 Å². The summed E-state index contributed by atoms with van der Waals surface area (Å²) in [5, 5.41) is 9.27. The summed E-state index contributed by atoms with van der Waals surface area (Å²) in [7, 11) is 0. The highest BCUT2D eigenvalue weighted by molar-refractivity contribution is 5.99. The highest BCUT2D eigenvalue weighted by Gasteiger charge is 2.74. The van der Waals surface area contributed by atoms with Gasteiger partial charge in [0.05, 0.1) is 18.1 Å². The van der Waals surface area contributed by atoms with E-state index in [0.717, 1.165) is 12.8 Å². The van der Waals surface area contributed by atoms with Crippen LogP contribution in [0, 0.1) is 11.8 Å². The lowest BCUT2D eigenvalue weighted by atomic mass is 9.74. The van der Waals surface area contributed by atoms with Crippen molar-refractivity contribution in [1.29, 1.82) is 0 Å². The molecular weight excluding hydrogens is 424 g/mol. The van der Waals surface area contributed by atoms with Crippen molar-refractivity contribution >= 4 is 17.8 Å². The van der Waals surface area contributed by atoms with E-state index >= 15 is 0 Å². The van der Waals surface area contributed by atoms with Crippen LogP contribution in [0.25, 0.3) is 0 Å². The van der Waals surface area contributed by atoms with Gasteiger partial charge in [-0.15, -0.1) is 0 Å². The number of fused-ring (bicyclic) bond motifs is 2. The smallest absolute Gasteiger partial charge is 0.313 e. The van der Waals surface area contributed by atoms with Gasteiger partial charge in [0.25, 0.3) is 0 Å². The molecule has 1 N–H and O–H groups in total. The first-order valence-corrected chi connectivity index (χ1v) is 12.2. The molecule has 0 aromatic rings. The molecule has 33 heavy (non-hydrogen) atoms. The van der Waals surface area contributed by atoms with Gasteiger partial charge < -0.3 is 24.4 Å². The number of aliphatic hydroxyl groups excluding tert-OH is 1. The van der Waals surface area contributed by atoms with Crippen molar-refractivity contribution in [2.45, 2.75) is 76.2 Å². The predicted octanol–water partition coefficient (Wildman–Crippen LogP) is 1.82. The number of hydrogen-bond donors (Lipinski definition) is 1. The highest BCUT2D eigenvalue weighted by Crippen LogP contribution is 2.57. The molecule has 6 atom stereocenters. The van der Waals surface area contributed by atoms with Crippen molar-refractivity contribution in [2.24, 2.45) is 11.8 Å². The van der Waals surface area contributed by atoms with Gasteiger partial charge in [-0.2, -0.15) is 0 Å². The van der Waals surface area contributed by atoms with Gasteiger partial charge >= 0.3 is 5.97 Å². The number of hydrogen-bond acceptors (Lipinski definition) is 6. The summed E-state index contributed by atoms with van der Waals surface area (Å²) >= 11 is 0. The maximum atomic E-state index is 14.0. The third kappa shape index (κ3) is 3.81. The van der Waals surface area contributed by atoms with Crippen LogP contribution in [0.1, 0.15) is 52.9 Å². The third-order valence-electron chi connectivity index (χ3n) is 7.60. The van der Waals surface area contributed by atoms with Gasteiger partial charge in [-0.05, 0) is 39.5 Å². The first-order chi connectivity index (χ1) is 15.8. The first kappa shape index (κ1) is 24.0. The Labute approximate surface area is 195 Å². The Kier molecular flexibility index (Phi) is 6.69. The molecule has 2 saturated heterocycles. The fraction of sp³-hybridized carbons (Fsp3) is 0.720. The summed E-state index contributed by atoms with van der Waals surface area (Å²) in [4.78, 5) is 44.5. The Morgan fingerprint density at radius 3 is 2.67 bits per heavy atom. The second kappa shape index (κ2) is 9.22. The van der Waals surface area contributed by atoms with Crippen LogP contribution >= 0.6 is 0 Å². The van der Waals surface area contributed by atoms with Gasteiger partial charge in [0.15, 0.2) is 0 Å². The standard InChI is InChI=1S/C25H36N2O6/c1-4-10-17(2)26-14-9-12-25-18(19-23(31)32-16-8-5-11-24(19,3)33-25)21(29)27(13-6-7-15-28)20(25)22(26)30/h5,9,11-12,17-20,28H,4,6-8,10,13-16H2,1-3H3/t17?,18-,19-,20?,24+,25-/m0/s1. The van der Waals surface area contributed by atoms with Gasteiger partial charge in [-0.3, -0.25) is 14.4 Å². The molecule has 0 saturated carbocycles. The molecule has 2 fully saturated rings. The van der Waals surface area contributed by atoms with E-state index in [2.05, 4.69) is 6.92 Å². The third-order valence-corrected chi connectivity index (χ3v) is 7.60. The maximum Gasteiger partial charge on any atom is 0.313 e. The van der Waals surface area contributed by atoms with Crippen LogP contribution in [0.15, 0.2) is 24.3 Å². The molecule has 4 rings (SSSR count). The van der Waals surface area contributed by atoms with Gasteiger partial charge in [0.1, 0.15) is 17.6 Å². The van der Waals surface area contributed by atoms with Crippen molar-refractivity contribution in [3.8, 4) is 0 Å². The summed E-state index contributed by atoms with van der Waals surface area (Å²) in [6.07, 6.45) is 11.0. The first-order valence-electron chi connectivity index (χ1n) is 12.2. The Bertz CT molecular complexity index is 856. The zero-order chi connectivity index (χ0) is 23.8. The van der Waals surface area contributed by atoms with E-state index in [0.29, 0.717) is 32.4 Å². The summed E-state index contributed by atoms with van der Waals surface area (Å²) in [6, 6.07) is -0.829. The number of cyclic esters (lactones) is 1. The summed E-state index contributed by atoms with van der Waals surface area (Å²) < 4.78 is 12.2. The number of nitrogens with zero attached hydrogens (tertiary/aromatic N) is 2. The van der Waals surface area contributed by atoms with E-state index in [1.807, 2.05) is 43.1 Å². The summed E-state index contributed by atoms with van der Waals surface area (Å²) in [5.74, 6) is -2.51. The predicted molar refractivity (Wildman–Crippen MR) is 121 cm³/mol. The fourth-order valence-electron chi connectivity index (χ4n) is 6.11. The van der Waals surface area contributed by atoms with Gasteiger partial charge in [-0.25, -0.2) is 0 Å².